The second kappa shape index (κ2) is 7.91. The second-order valence-corrected chi connectivity index (χ2v) is 5.25. The summed E-state index contributed by atoms with van der Waals surface area (Å²) in [5.41, 5.74) is 6.47. The van der Waals surface area contributed by atoms with Gasteiger partial charge in [-0.25, -0.2) is 9.18 Å². The van der Waals surface area contributed by atoms with Crippen LogP contribution in [0.5, 0.6) is 0 Å². The average molecular weight is 344 g/mol. The summed E-state index contributed by atoms with van der Waals surface area (Å²) in [5, 5.41) is 7.41. The minimum absolute atomic E-state index is 0.0744. The summed E-state index contributed by atoms with van der Waals surface area (Å²) in [6.45, 7) is 1.45. The molecule has 4 amide bonds. The number of hydrogen-bond donors (Lipinski definition) is 4. The highest BCUT2D eigenvalue weighted by atomic mass is 19.1. The first-order valence-electron chi connectivity index (χ1n) is 7.36. The lowest BCUT2D eigenvalue weighted by molar-refractivity contribution is -0.114. The maximum Gasteiger partial charge on any atom is 0.319 e. The Kier molecular flexibility index (Phi) is 5.67. The van der Waals surface area contributed by atoms with Crippen LogP contribution in [0, 0.1) is 5.82 Å². The van der Waals surface area contributed by atoms with Gasteiger partial charge in [0.05, 0.1) is 5.69 Å². The molecule has 0 saturated carbocycles. The Bertz CT molecular complexity index is 823. The highest BCUT2D eigenvalue weighted by molar-refractivity contribution is 5.93. The molecule has 0 aliphatic rings. The lowest BCUT2D eigenvalue weighted by atomic mass is 10.1. The molecule has 2 aromatic rings. The van der Waals surface area contributed by atoms with Crippen molar-refractivity contribution in [1.82, 2.24) is 5.32 Å². The largest absolute Gasteiger partial charge is 0.366 e. The van der Waals surface area contributed by atoms with Crippen molar-refractivity contribution < 1.29 is 18.8 Å². The van der Waals surface area contributed by atoms with E-state index < -0.39 is 17.8 Å². The zero-order valence-electron chi connectivity index (χ0n) is 13.4. The second-order valence-electron chi connectivity index (χ2n) is 5.25. The number of primary amides is 1. The number of carbonyl (C=O) groups is 3. The molecule has 5 N–H and O–H groups in total. The average Bonchev–Trinajstić information content (AvgIpc) is 2.56. The van der Waals surface area contributed by atoms with Crippen LogP contribution in [-0.4, -0.2) is 17.8 Å². The number of hydrogen-bond acceptors (Lipinski definition) is 3. The monoisotopic (exact) mass is 344 g/mol. The molecule has 8 heteroatoms. The van der Waals surface area contributed by atoms with Crippen molar-refractivity contribution in [2.45, 2.75) is 13.5 Å². The fourth-order valence-electron chi connectivity index (χ4n) is 2.09. The summed E-state index contributed by atoms with van der Waals surface area (Å²) < 4.78 is 13.8. The summed E-state index contributed by atoms with van der Waals surface area (Å²) in [6, 6.07) is 9.67. The van der Waals surface area contributed by atoms with E-state index in [0.29, 0.717) is 16.8 Å². The van der Waals surface area contributed by atoms with E-state index in [9.17, 15) is 18.8 Å². The van der Waals surface area contributed by atoms with Crippen molar-refractivity contribution in [2.75, 3.05) is 10.6 Å². The molecule has 0 spiro atoms. The first-order chi connectivity index (χ1) is 11.8. The van der Waals surface area contributed by atoms with Crippen molar-refractivity contribution in [3.8, 4) is 0 Å². The molecular weight excluding hydrogens is 327 g/mol. The number of nitrogens with two attached hydrogens (primary N) is 1. The summed E-state index contributed by atoms with van der Waals surface area (Å²) in [6.07, 6.45) is 0. The van der Waals surface area contributed by atoms with Crippen molar-refractivity contribution in [2.24, 2.45) is 5.73 Å². The van der Waals surface area contributed by atoms with Crippen LogP contribution in [-0.2, 0) is 11.3 Å². The maximum atomic E-state index is 13.8. The topological polar surface area (TPSA) is 113 Å². The number of nitrogens with one attached hydrogen (secondary N) is 3. The number of anilines is 2. The van der Waals surface area contributed by atoms with Gasteiger partial charge in [-0.1, -0.05) is 12.1 Å². The molecule has 0 unspecified atom stereocenters. The van der Waals surface area contributed by atoms with Gasteiger partial charge < -0.3 is 21.7 Å². The Morgan fingerprint density at radius 3 is 2.52 bits per heavy atom. The zero-order chi connectivity index (χ0) is 18.4. The Morgan fingerprint density at radius 1 is 1.08 bits per heavy atom. The van der Waals surface area contributed by atoms with Crippen molar-refractivity contribution in [3.63, 3.8) is 0 Å². The van der Waals surface area contributed by atoms with E-state index in [-0.39, 0.29) is 18.1 Å². The van der Waals surface area contributed by atoms with Crippen LogP contribution in [0.15, 0.2) is 42.5 Å². The summed E-state index contributed by atoms with van der Waals surface area (Å²) >= 11 is 0. The van der Waals surface area contributed by atoms with Crippen LogP contribution in [0.1, 0.15) is 22.8 Å². The minimum Gasteiger partial charge on any atom is -0.366 e. The van der Waals surface area contributed by atoms with E-state index in [2.05, 4.69) is 16.0 Å². The highest BCUT2D eigenvalue weighted by Crippen LogP contribution is 2.19. The minimum atomic E-state index is -0.639. The molecule has 25 heavy (non-hydrogen) atoms. The number of halogens is 1. The predicted molar refractivity (Wildman–Crippen MR) is 91.5 cm³/mol. The number of urea groups is 1. The van der Waals surface area contributed by atoms with Gasteiger partial charge in [0, 0.05) is 24.7 Å². The molecule has 0 aliphatic carbocycles. The van der Waals surface area contributed by atoms with Crippen molar-refractivity contribution in [1.29, 1.82) is 0 Å². The number of benzene rings is 2. The first-order valence-corrected chi connectivity index (χ1v) is 7.36. The SMILES string of the molecule is CC(=O)Nc1ccc(F)c(NC(=O)NCc2cccc(C(N)=O)c2)c1. The van der Waals surface area contributed by atoms with Crippen molar-refractivity contribution >= 4 is 29.2 Å². The molecule has 0 heterocycles. The van der Waals surface area contributed by atoms with Crippen molar-refractivity contribution in [3.05, 3.63) is 59.4 Å². The molecule has 0 aromatic heterocycles. The molecule has 2 aromatic carbocycles. The molecule has 0 bridgehead atoms. The molecule has 0 aliphatic heterocycles. The Labute approximate surface area is 143 Å². The van der Waals surface area contributed by atoms with Gasteiger partial charge >= 0.3 is 6.03 Å². The molecule has 130 valence electrons. The Balaban J connectivity index is 1.99. The number of rotatable bonds is 5. The molecule has 7 nitrogen and oxygen atoms in total. The smallest absolute Gasteiger partial charge is 0.319 e. The van der Waals surface area contributed by atoms with E-state index in [4.69, 9.17) is 5.73 Å². The summed E-state index contributed by atoms with van der Waals surface area (Å²) in [4.78, 5) is 34.1. The van der Waals surface area contributed by atoms with E-state index in [1.807, 2.05) is 0 Å². The van der Waals surface area contributed by atoms with Gasteiger partial charge in [-0.3, -0.25) is 9.59 Å². The van der Waals surface area contributed by atoms with Crippen LogP contribution in [0.3, 0.4) is 0 Å². The van der Waals surface area contributed by atoms with Crippen LogP contribution in [0.2, 0.25) is 0 Å². The van der Waals surface area contributed by atoms with E-state index in [1.54, 1.807) is 24.3 Å². The van der Waals surface area contributed by atoms with Crippen LogP contribution >= 0.6 is 0 Å². The molecular formula is C17H17FN4O3. The summed E-state index contributed by atoms with van der Waals surface area (Å²) in [7, 11) is 0. The molecule has 0 radical (unpaired) electrons. The van der Waals surface area contributed by atoms with Gasteiger partial charge in [-0.05, 0) is 35.9 Å². The van der Waals surface area contributed by atoms with E-state index in [1.165, 1.54) is 19.1 Å². The standard InChI is InChI=1S/C17H17FN4O3/c1-10(23)21-13-5-6-14(18)15(8-13)22-17(25)20-9-11-3-2-4-12(7-11)16(19)24/h2-8H,9H2,1H3,(H2,19,24)(H,21,23)(H2,20,22,25). The van der Waals surface area contributed by atoms with E-state index in [0.717, 1.165) is 6.07 Å². The fraction of sp³-hybridized carbons (Fsp3) is 0.118. The third-order valence-corrected chi connectivity index (χ3v) is 3.20. The third-order valence-electron chi connectivity index (χ3n) is 3.20. The summed E-state index contributed by atoms with van der Waals surface area (Å²) in [5.74, 6) is -1.51. The normalized spacial score (nSPS) is 10.0. The molecule has 0 atom stereocenters. The fourth-order valence-corrected chi connectivity index (χ4v) is 2.09. The quantitative estimate of drug-likeness (QED) is 0.667. The molecule has 0 fully saturated rings. The predicted octanol–water partition coefficient (Wildman–Crippen LogP) is 2.20. The van der Waals surface area contributed by atoms with Crippen LogP contribution < -0.4 is 21.7 Å². The Morgan fingerprint density at radius 2 is 1.84 bits per heavy atom. The van der Waals surface area contributed by atoms with E-state index >= 15 is 0 Å². The molecule has 0 saturated heterocycles. The van der Waals surface area contributed by atoms with Crippen LogP contribution in [0.25, 0.3) is 0 Å². The van der Waals surface area contributed by atoms with Gasteiger partial charge in [0.2, 0.25) is 11.8 Å². The van der Waals surface area contributed by atoms with Crippen LogP contribution in [0.4, 0.5) is 20.6 Å². The molecule has 2 rings (SSSR count). The first kappa shape index (κ1) is 17.9. The van der Waals surface area contributed by atoms with Gasteiger partial charge in [-0.15, -0.1) is 0 Å². The zero-order valence-corrected chi connectivity index (χ0v) is 13.4. The third kappa shape index (κ3) is 5.31. The van der Waals surface area contributed by atoms with Gasteiger partial charge in [0.1, 0.15) is 5.82 Å². The Hall–Kier alpha value is -3.42. The highest BCUT2D eigenvalue weighted by Gasteiger charge is 2.09. The lowest BCUT2D eigenvalue weighted by Crippen LogP contribution is -2.28. The lowest BCUT2D eigenvalue weighted by Gasteiger charge is -2.10. The number of amides is 4. The van der Waals surface area contributed by atoms with Gasteiger partial charge in [0.15, 0.2) is 0 Å². The van der Waals surface area contributed by atoms with Gasteiger partial charge in [0.25, 0.3) is 0 Å². The van der Waals surface area contributed by atoms with Gasteiger partial charge in [-0.2, -0.15) is 0 Å². The number of carbonyl (C=O) groups excluding carboxylic acids is 3. The maximum absolute atomic E-state index is 13.8.